The van der Waals surface area contributed by atoms with Crippen LogP contribution in [0.25, 0.3) is 0 Å². The summed E-state index contributed by atoms with van der Waals surface area (Å²) in [4.78, 5) is 12.8. The van der Waals surface area contributed by atoms with E-state index in [4.69, 9.17) is 21.1 Å². The molecule has 0 aliphatic rings. The van der Waals surface area contributed by atoms with Crippen molar-refractivity contribution in [2.75, 3.05) is 29.0 Å². The van der Waals surface area contributed by atoms with E-state index in [9.17, 15) is 21.6 Å². The van der Waals surface area contributed by atoms with Crippen molar-refractivity contribution in [1.82, 2.24) is 0 Å². The summed E-state index contributed by atoms with van der Waals surface area (Å²) in [6, 6.07) is 22.1. The molecule has 40 heavy (non-hydrogen) atoms. The van der Waals surface area contributed by atoms with Crippen molar-refractivity contribution in [2.45, 2.75) is 9.79 Å². The maximum absolute atomic E-state index is 12.9. The number of amides is 1. The van der Waals surface area contributed by atoms with Gasteiger partial charge in [0.25, 0.3) is 26.0 Å². The summed E-state index contributed by atoms with van der Waals surface area (Å²) in [6.07, 6.45) is 0. The molecule has 0 spiro atoms. The van der Waals surface area contributed by atoms with Crippen LogP contribution in [0.2, 0.25) is 5.02 Å². The highest BCUT2D eigenvalue weighted by atomic mass is 35.5. The van der Waals surface area contributed by atoms with Crippen LogP contribution in [0.1, 0.15) is 10.4 Å². The lowest BCUT2D eigenvalue weighted by Crippen LogP contribution is -2.15. The van der Waals surface area contributed by atoms with E-state index in [2.05, 4.69) is 14.8 Å². The highest BCUT2D eigenvalue weighted by molar-refractivity contribution is 7.93. The summed E-state index contributed by atoms with van der Waals surface area (Å²) in [5.74, 6) is 0.254. The Bertz CT molecular complexity index is 1750. The molecule has 0 heterocycles. The first-order valence-corrected chi connectivity index (χ1v) is 14.9. The van der Waals surface area contributed by atoms with Gasteiger partial charge >= 0.3 is 0 Å². The number of nitrogens with one attached hydrogen (secondary N) is 3. The Balaban J connectivity index is 1.44. The molecule has 0 radical (unpaired) electrons. The third kappa shape index (κ3) is 6.65. The molecule has 208 valence electrons. The standard InChI is InChI=1S/C27H24ClN3O7S2/c1-37-20-11-15-25(26(17-20)38-2)31-40(35,36)22-12-9-19(10-13-22)29-27(32)18-8-14-24(23(28)16-18)30-39(33,34)21-6-4-3-5-7-21/h3-17,30-31H,1-2H3,(H,29,32). The highest BCUT2D eigenvalue weighted by Crippen LogP contribution is 2.31. The highest BCUT2D eigenvalue weighted by Gasteiger charge is 2.19. The summed E-state index contributed by atoms with van der Waals surface area (Å²) in [6.45, 7) is 0. The molecule has 0 aliphatic heterocycles. The normalized spacial score (nSPS) is 11.4. The Kier molecular flexibility index (Phi) is 8.52. The third-order valence-electron chi connectivity index (χ3n) is 5.60. The average molecular weight is 602 g/mol. The smallest absolute Gasteiger partial charge is 0.262 e. The maximum Gasteiger partial charge on any atom is 0.262 e. The van der Waals surface area contributed by atoms with E-state index in [0.29, 0.717) is 11.4 Å². The van der Waals surface area contributed by atoms with Gasteiger partial charge in [-0.1, -0.05) is 29.8 Å². The Morgan fingerprint density at radius 3 is 1.90 bits per heavy atom. The number of ether oxygens (including phenoxy) is 2. The van der Waals surface area contributed by atoms with E-state index in [1.54, 1.807) is 30.3 Å². The zero-order valence-electron chi connectivity index (χ0n) is 21.2. The molecule has 0 aromatic heterocycles. The number of hydrogen-bond acceptors (Lipinski definition) is 7. The van der Waals surface area contributed by atoms with E-state index in [-0.39, 0.29) is 37.5 Å². The Hall–Kier alpha value is -4.26. The Labute approximate surface area is 237 Å². The van der Waals surface area contributed by atoms with Crippen molar-refractivity contribution in [3.63, 3.8) is 0 Å². The van der Waals surface area contributed by atoms with Gasteiger partial charge in [0.1, 0.15) is 11.5 Å². The van der Waals surface area contributed by atoms with Crippen molar-refractivity contribution in [3.8, 4) is 11.5 Å². The van der Waals surface area contributed by atoms with Crippen molar-refractivity contribution in [1.29, 1.82) is 0 Å². The molecule has 4 aromatic carbocycles. The second-order valence-electron chi connectivity index (χ2n) is 8.26. The summed E-state index contributed by atoms with van der Waals surface area (Å²) in [5.41, 5.74) is 0.832. The van der Waals surface area contributed by atoms with Crippen LogP contribution in [-0.4, -0.2) is 37.0 Å². The largest absolute Gasteiger partial charge is 0.497 e. The molecule has 3 N–H and O–H groups in total. The molecule has 0 atom stereocenters. The molecule has 0 fully saturated rings. The maximum atomic E-state index is 12.9. The first kappa shape index (κ1) is 28.7. The number of rotatable bonds is 10. The molecule has 4 aromatic rings. The molecular formula is C27H24ClN3O7S2. The van der Waals surface area contributed by atoms with Gasteiger partial charge in [0.05, 0.1) is 40.4 Å². The van der Waals surface area contributed by atoms with Crippen LogP contribution < -0.4 is 24.2 Å². The molecular weight excluding hydrogens is 578 g/mol. The number of hydrogen-bond donors (Lipinski definition) is 3. The van der Waals surface area contributed by atoms with Crippen LogP contribution >= 0.6 is 11.6 Å². The van der Waals surface area contributed by atoms with Gasteiger partial charge in [0.2, 0.25) is 0 Å². The fourth-order valence-electron chi connectivity index (χ4n) is 3.55. The van der Waals surface area contributed by atoms with E-state index in [1.165, 1.54) is 74.9 Å². The fraction of sp³-hybridized carbons (Fsp3) is 0.0741. The number of anilines is 3. The van der Waals surface area contributed by atoms with Crippen LogP contribution in [0.15, 0.2) is 101 Å². The lowest BCUT2D eigenvalue weighted by atomic mass is 10.2. The molecule has 4 rings (SSSR count). The van der Waals surface area contributed by atoms with Gasteiger partial charge in [-0.3, -0.25) is 14.2 Å². The van der Waals surface area contributed by atoms with Gasteiger partial charge in [-0.25, -0.2) is 16.8 Å². The van der Waals surface area contributed by atoms with E-state index >= 15 is 0 Å². The van der Waals surface area contributed by atoms with Crippen molar-refractivity contribution < 1.29 is 31.1 Å². The quantitative estimate of drug-likeness (QED) is 0.227. The van der Waals surface area contributed by atoms with Crippen molar-refractivity contribution in [2.24, 2.45) is 0 Å². The second kappa shape index (κ2) is 11.9. The number of carbonyl (C=O) groups excluding carboxylic acids is 1. The van der Waals surface area contributed by atoms with E-state index in [1.807, 2.05) is 0 Å². The molecule has 1 amide bonds. The summed E-state index contributed by atoms with van der Waals surface area (Å²) >= 11 is 6.25. The number of carbonyl (C=O) groups is 1. The molecule has 0 saturated heterocycles. The van der Waals surface area contributed by atoms with Gasteiger partial charge in [-0.05, 0) is 66.7 Å². The second-order valence-corrected chi connectivity index (χ2v) is 12.0. The lowest BCUT2D eigenvalue weighted by Gasteiger charge is -2.13. The lowest BCUT2D eigenvalue weighted by molar-refractivity contribution is 0.102. The molecule has 10 nitrogen and oxygen atoms in total. The minimum Gasteiger partial charge on any atom is -0.497 e. The molecule has 13 heteroatoms. The zero-order chi connectivity index (χ0) is 28.9. The minimum absolute atomic E-state index is 0.0219. The number of halogens is 1. The summed E-state index contributed by atoms with van der Waals surface area (Å²) in [7, 11) is -4.93. The molecule has 0 bridgehead atoms. The Morgan fingerprint density at radius 1 is 0.700 bits per heavy atom. The van der Waals surface area contributed by atoms with Crippen molar-refractivity contribution in [3.05, 3.63) is 102 Å². The fourth-order valence-corrected chi connectivity index (χ4v) is 6.00. The summed E-state index contributed by atoms with van der Waals surface area (Å²) in [5, 5.41) is 2.67. The average Bonchev–Trinajstić information content (AvgIpc) is 2.95. The predicted molar refractivity (Wildman–Crippen MR) is 153 cm³/mol. The van der Waals surface area contributed by atoms with Gasteiger partial charge < -0.3 is 14.8 Å². The van der Waals surface area contributed by atoms with E-state index < -0.39 is 26.0 Å². The first-order chi connectivity index (χ1) is 19.0. The van der Waals surface area contributed by atoms with Gasteiger partial charge in [-0.2, -0.15) is 0 Å². The summed E-state index contributed by atoms with van der Waals surface area (Å²) < 4.78 is 66.1. The molecule has 0 unspecified atom stereocenters. The van der Waals surface area contributed by atoms with Gasteiger partial charge in [0, 0.05) is 17.3 Å². The van der Waals surface area contributed by atoms with Crippen LogP contribution in [0.3, 0.4) is 0 Å². The van der Waals surface area contributed by atoms with Crippen LogP contribution in [0.5, 0.6) is 11.5 Å². The predicted octanol–water partition coefficient (Wildman–Crippen LogP) is 5.21. The van der Waals surface area contributed by atoms with Crippen LogP contribution in [0, 0.1) is 0 Å². The van der Waals surface area contributed by atoms with E-state index in [0.717, 1.165) is 0 Å². The SMILES string of the molecule is COc1ccc(NS(=O)(=O)c2ccc(NC(=O)c3ccc(NS(=O)(=O)c4ccccc4)c(Cl)c3)cc2)c(OC)c1. The first-order valence-electron chi connectivity index (χ1n) is 11.6. The van der Waals surface area contributed by atoms with Crippen LogP contribution in [-0.2, 0) is 20.0 Å². The van der Waals surface area contributed by atoms with Crippen molar-refractivity contribution >= 4 is 54.6 Å². The number of benzene rings is 4. The van der Waals surface area contributed by atoms with Crippen LogP contribution in [0.4, 0.5) is 17.1 Å². The number of methoxy groups -OCH3 is 2. The monoisotopic (exact) mass is 601 g/mol. The third-order valence-corrected chi connectivity index (χ3v) is 8.68. The van der Waals surface area contributed by atoms with Gasteiger partial charge in [-0.15, -0.1) is 0 Å². The Morgan fingerprint density at radius 2 is 1.30 bits per heavy atom. The van der Waals surface area contributed by atoms with Gasteiger partial charge in [0.15, 0.2) is 0 Å². The molecule has 0 aliphatic carbocycles. The molecule has 0 saturated carbocycles. The zero-order valence-corrected chi connectivity index (χ0v) is 23.6. The topological polar surface area (TPSA) is 140 Å². The minimum atomic E-state index is -3.97. The number of sulfonamides is 2.